The van der Waals surface area contributed by atoms with E-state index in [0.29, 0.717) is 6.42 Å². The smallest absolute Gasteiger partial charge is 0.203 e. The molecule has 0 amide bonds. The molecule has 2 rings (SSSR count). The lowest BCUT2D eigenvalue weighted by atomic mass is 10.2. The molecule has 0 N–H and O–H groups in total. The van der Waals surface area contributed by atoms with Gasteiger partial charge in [-0.25, -0.2) is 4.98 Å². The summed E-state index contributed by atoms with van der Waals surface area (Å²) in [6.07, 6.45) is 4.00. The van der Waals surface area contributed by atoms with Gasteiger partial charge in [0.1, 0.15) is 5.82 Å². The van der Waals surface area contributed by atoms with E-state index >= 15 is 0 Å². The third-order valence-electron chi connectivity index (χ3n) is 2.86. The first kappa shape index (κ1) is 11.3. The minimum atomic E-state index is 0.0932. The molecule has 0 aliphatic heterocycles. The Labute approximate surface area is 99.5 Å². The van der Waals surface area contributed by atoms with E-state index in [-0.39, 0.29) is 6.04 Å². The Morgan fingerprint density at radius 3 is 3.00 bits per heavy atom. The van der Waals surface area contributed by atoms with E-state index in [1.165, 1.54) is 0 Å². The van der Waals surface area contributed by atoms with Gasteiger partial charge >= 0.3 is 0 Å². The number of anilines is 1. The highest BCUT2D eigenvalue weighted by atomic mass is 15.3. The van der Waals surface area contributed by atoms with E-state index < -0.39 is 0 Å². The highest BCUT2D eigenvalue weighted by Gasteiger charge is 2.16. The summed E-state index contributed by atoms with van der Waals surface area (Å²) in [5.41, 5.74) is 0.720. The molecule has 0 radical (unpaired) electrons. The maximum atomic E-state index is 8.72. The van der Waals surface area contributed by atoms with Gasteiger partial charge in [-0.2, -0.15) is 5.26 Å². The molecular weight excluding hydrogens is 216 g/mol. The molecule has 2 aromatic rings. The van der Waals surface area contributed by atoms with Crippen molar-refractivity contribution in [1.82, 2.24) is 19.6 Å². The molecule has 6 nitrogen and oxygen atoms in total. The van der Waals surface area contributed by atoms with Crippen LogP contribution in [0, 0.1) is 18.3 Å². The van der Waals surface area contributed by atoms with Crippen molar-refractivity contribution in [2.24, 2.45) is 0 Å². The van der Waals surface area contributed by atoms with Gasteiger partial charge in [-0.05, 0) is 13.8 Å². The molecule has 0 saturated carbocycles. The van der Waals surface area contributed by atoms with Crippen molar-refractivity contribution < 1.29 is 0 Å². The fraction of sp³-hybridized carbons (Fsp3) is 0.455. The molecule has 6 heteroatoms. The van der Waals surface area contributed by atoms with E-state index in [1.54, 1.807) is 6.20 Å². The third kappa shape index (κ3) is 1.91. The summed E-state index contributed by atoms with van der Waals surface area (Å²) < 4.78 is 1.89. The lowest BCUT2D eigenvalue weighted by Gasteiger charge is -2.23. The van der Waals surface area contributed by atoms with Gasteiger partial charge in [-0.15, -0.1) is 10.2 Å². The Bertz CT molecular complexity index is 567. The summed E-state index contributed by atoms with van der Waals surface area (Å²) in [5, 5.41) is 16.9. The molecule has 2 aromatic heterocycles. The van der Waals surface area contributed by atoms with E-state index in [2.05, 4.69) is 21.3 Å². The summed E-state index contributed by atoms with van der Waals surface area (Å²) in [6, 6.07) is 2.25. The van der Waals surface area contributed by atoms with Crippen molar-refractivity contribution in [2.75, 3.05) is 11.9 Å². The molecule has 0 spiro atoms. The zero-order valence-corrected chi connectivity index (χ0v) is 10.1. The second kappa shape index (κ2) is 4.37. The average molecular weight is 230 g/mol. The topological polar surface area (TPSA) is 70.1 Å². The van der Waals surface area contributed by atoms with E-state index in [4.69, 9.17) is 5.26 Å². The molecule has 1 atom stereocenters. The Morgan fingerprint density at radius 1 is 1.53 bits per heavy atom. The van der Waals surface area contributed by atoms with Crippen LogP contribution in [0.25, 0.3) is 5.65 Å². The first-order chi connectivity index (χ1) is 8.15. The Morgan fingerprint density at radius 2 is 2.29 bits per heavy atom. The highest BCUT2D eigenvalue weighted by molar-refractivity contribution is 5.63. The van der Waals surface area contributed by atoms with Crippen molar-refractivity contribution in [3.63, 3.8) is 0 Å². The molecule has 0 aromatic carbocycles. The van der Waals surface area contributed by atoms with E-state index in [0.717, 1.165) is 17.3 Å². The van der Waals surface area contributed by atoms with Gasteiger partial charge in [0, 0.05) is 25.5 Å². The summed E-state index contributed by atoms with van der Waals surface area (Å²) in [4.78, 5) is 6.27. The van der Waals surface area contributed by atoms with Crippen LogP contribution in [-0.2, 0) is 0 Å². The fourth-order valence-corrected chi connectivity index (χ4v) is 1.66. The first-order valence-corrected chi connectivity index (χ1v) is 5.41. The summed E-state index contributed by atoms with van der Waals surface area (Å²) in [6.45, 7) is 3.88. The maximum absolute atomic E-state index is 8.72. The zero-order chi connectivity index (χ0) is 12.4. The van der Waals surface area contributed by atoms with Gasteiger partial charge in [0.2, 0.25) is 5.65 Å². The monoisotopic (exact) mass is 230 g/mol. The minimum absolute atomic E-state index is 0.0932. The first-order valence-electron chi connectivity index (χ1n) is 5.41. The van der Waals surface area contributed by atoms with E-state index in [1.807, 2.05) is 36.4 Å². The van der Waals surface area contributed by atoms with Crippen LogP contribution in [0.4, 0.5) is 5.82 Å². The van der Waals surface area contributed by atoms with Crippen LogP contribution in [0.1, 0.15) is 19.2 Å². The van der Waals surface area contributed by atoms with Crippen molar-refractivity contribution in [3.05, 3.63) is 18.2 Å². The maximum Gasteiger partial charge on any atom is 0.203 e. The molecule has 0 bridgehead atoms. The quantitative estimate of drug-likeness (QED) is 0.791. The number of nitrogens with zero attached hydrogens (tertiary/aromatic N) is 6. The van der Waals surface area contributed by atoms with Crippen LogP contribution in [0.3, 0.4) is 0 Å². The Kier molecular flexibility index (Phi) is 2.91. The van der Waals surface area contributed by atoms with Crippen molar-refractivity contribution >= 4 is 11.5 Å². The van der Waals surface area contributed by atoms with Gasteiger partial charge in [0.15, 0.2) is 5.82 Å². The molecule has 0 aliphatic carbocycles. The van der Waals surface area contributed by atoms with Gasteiger partial charge in [0.25, 0.3) is 0 Å². The number of hydrogen-bond donors (Lipinski definition) is 0. The fourth-order valence-electron chi connectivity index (χ4n) is 1.66. The summed E-state index contributed by atoms with van der Waals surface area (Å²) in [5.74, 6) is 1.57. The lowest BCUT2D eigenvalue weighted by molar-refractivity contribution is 0.693. The number of rotatable bonds is 3. The van der Waals surface area contributed by atoms with Crippen LogP contribution in [0.5, 0.6) is 0 Å². The van der Waals surface area contributed by atoms with Gasteiger partial charge in [0.05, 0.1) is 12.5 Å². The Hall–Kier alpha value is -2.16. The molecule has 0 aliphatic rings. The van der Waals surface area contributed by atoms with Gasteiger partial charge in [-0.3, -0.25) is 4.40 Å². The SMILES string of the molecule is Cc1nnc2c(N(C)C(C)CC#N)nccn12. The predicted molar refractivity (Wildman–Crippen MR) is 63.6 cm³/mol. The molecule has 0 saturated heterocycles. The average Bonchev–Trinajstić information content (AvgIpc) is 2.71. The zero-order valence-electron chi connectivity index (χ0n) is 10.1. The third-order valence-corrected chi connectivity index (χ3v) is 2.86. The van der Waals surface area contributed by atoms with Crippen LogP contribution in [-0.4, -0.2) is 32.7 Å². The number of nitriles is 1. The second-order valence-corrected chi connectivity index (χ2v) is 4.01. The lowest BCUT2D eigenvalue weighted by Crippen LogP contribution is -2.29. The van der Waals surface area contributed by atoms with Crippen molar-refractivity contribution in [1.29, 1.82) is 5.26 Å². The van der Waals surface area contributed by atoms with Gasteiger partial charge < -0.3 is 4.90 Å². The summed E-state index contributed by atoms with van der Waals surface area (Å²) >= 11 is 0. The van der Waals surface area contributed by atoms with Gasteiger partial charge in [-0.1, -0.05) is 0 Å². The molecule has 2 heterocycles. The highest BCUT2D eigenvalue weighted by Crippen LogP contribution is 2.18. The van der Waals surface area contributed by atoms with Crippen LogP contribution >= 0.6 is 0 Å². The predicted octanol–water partition coefficient (Wildman–Crippen LogP) is 1.17. The number of aromatic nitrogens is 4. The Balaban J connectivity index is 2.45. The molecular formula is C11H14N6. The number of hydrogen-bond acceptors (Lipinski definition) is 5. The standard InChI is InChI=1S/C11H14N6/c1-8(4-5-12)16(3)10-11-15-14-9(2)17(11)7-6-13-10/h6-8H,4H2,1-3H3. The normalized spacial score (nSPS) is 12.4. The minimum Gasteiger partial charge on any atom is -0.353 e. The number of aryl methyl sites for hydroxylation is 1. The van der Waals surface area contributed by atoms with Crippen molar-refractivity contribution in [2.45, 2.75) is 26.3 Å². The van der Waals surface area contributed by atoms with Crippen LogP contribution in [0.2, 0.25) is 0 Å². The van der Waals surface area contributed by atoms with Crippen molar-refractivity contribution in [3.8, 4) is 6.07 Å². The molecule has 0 fully saturated rings. The molecule has 1 unspecified atom stereocenters. The van der Waals surface area contributed by atoms with Crippen LogP contribution < -0.4 is 4.90 Å². The number of fused-ring (bicyclic) bond motifs is 1. The molecule has 17 heavy (non-hydrogen) atoms. The van der Waals surface area contributed by atoms with E-state index in [9.17, 15) is 0 Å². The largest absolute Gasteiger partial charge is 0.353 e. The second-order valence-electron chi connectivity index (χ2n) is 4.01. The molecule has 88 valence electrons. The summed E-state index contributed by atoms with van der Waals surface area (Å²) in [7, 11) is 1.91. The van der Waals surface area contributed by atoms with Crippen LogP contribution in [0.15, 0.2) is 12.4 Å².